The number of amidine groups is 1. The van der Waals surface area contributed by atoms with Gasteiger partial charge in [-0.25, -0.2) is 0 Å². The third-order valence-electron chi connectivity index (χ3n) is 5.95. The molecule has 0 N–H and O–H groups in total. The van der Waals surface area contributed by atoms with Crippen LogP contribution < -0.4 is 0 Å². The lowest BCUT2D eigenvalue weighted by Gasteiger charge is -2.34. The first kappa shape index (κ1) is 23.3. The lowest BCUT2D eigenvalue weighted by Crippen LogP contribution is -2.31. The number of rotatable bonds is 14. The molecule has 0 bridgehead atoms. The van der Waals surface area contributed by atoms with E-state index in [1.54, 1.807) is 0 Å². The number of hydrogen-bond donors (Lipinski definition) is 0. The molecule has 2 aliphatic rings. The Hall–Kier alpha value is -0.940. The number of ether oxygens (including phenoxy) is 1. The van der Waals surface area contributed by atoms with Crippen molar-refractivity contribution in [2.24, 2.45) is 27.1 Å². The van der Waals surface area contributed by atoms with Crippen molar-refractivity contribution in [1.29, 1.82) is 0 Å². The summed E-state index contributed by atoms with van der Waals surface area (Å²) in [5.74, 6) is 1.61. The summed E-state index contributed by atoms with van der Waals surface area (Å²) >= 11 is 5.18. The largest absolute Gasteiger partial charge is 0.374 e. The van der Waals surface area contributed by atoms with Gasteiger partial charge >= 0.3 is 0 Å². The molecule has 1 aliphatic heterocycles. The number of nitrogens with zero attached hydrogens (tertiary/aromatic N) is 3. The molecule has 0 amide bonds. The molecule has 1 aliphatic carbocycles. The molecule has 3 atom stereocenters. The molecule has 0 aromatic rings. The molecule has 1 heterocycles. The number of allylic oxidation sites excluding steroid dienone is 1. The smallest absolute Gasteiger partial charge is 0.241 e. The van der Waals surface area contributed by atoms with Gasteiger partial charge in [-0.05, 0) is 62.7 Å². The summed E-state index contributed by atoms with van der Waals surface area (Å²) in [7, 11) is 0. The molecule has 0 saturated carbocycles. The summed E-state index contributed by atoms with van der Waals surface area (Å²) in [4.78, 5) is 4.53. The second-order valence-electron chi connectivity index (χ2n) is 8.09. The summed E-state index contributed by atoms with van der Waals surface area (Å²) < 4.78 is 6.14. The molecule has 2 rings (SSSR count). The average Bonchev–Trinajstić information content (AvgIpc) is 3.13. The van der Waals surface area contributed by atoms with Crippen molar-refractivity contribution in [3.63, 3.8) is 0 Å². The highest BCUT2D eigenvalue weighted by Gasteiger charge is 2.34. The van der Waals surface area contributed by atoms with Crippen molar-refractivity contribution in [3.8, 4) is 0 Å². The molecule has 0 fully saturated rings. The van der Waals surface area contributed by atoms with Gasteiger partial charge in [-0.1, -0.05) is 64.9 Å². The summed E-state index contributed by atoms with van der Waals surface area (Å²) in [6.07, 6.45) is 17.5. The van der Waals surface area contributed by atoms with Crippen molar-refractivity contribution >= 4 is 23.2 Å². The number of hydrogen-bond acceptors (Lipinski definition) is 3. The monoisotopic (exact) mass is 405 g/mol. The van der Waals surface area contributed by atoms with Crippen LogP contribution in [0.4, 0.5) is 0 Å². The normalized spacial score (nSPS) is 21.5. The van der Waals surface area contributed by atoms with Crippen LogP contribution in [0.2, 0.25) is 0 Å². The van der Waals surface area contributed by atoms with E-state index in [9.17, 15) is 0 Å². The maximum absolute atomic E-state index is 6.14. The van der Waals surface area contributed by atoms with E-state index in [1.165, 1.54) is 50.5 Å². The Balaban J connectivity index is 2.14. The predicted octanol–water partition coefficient (Wildman–Crippen LogP) is 7.43. The fourth-order valence-electron chi connectivity index (χ4n) is 4.60. The van der Waals surface area contributed by atoms with Gasteiger partial charge in [-0.15, -0.1) is 10.2 Å². The highest BCUT2D eigenvalue weighted by Crippen LogP contribution is 2.38. The molecule has 0 aromatic carbocycles. The highest BCUT2D eigenvalue weighted by molar-refractivity contribution is 7.80. The van der Waals surface area contributed by atoms with Crippen LogP contribution in [0.25, 0.3) is 0 Å². The van der Waals surface area contributed by atoms with Crippen LogP contribution in [0, 0.1) is 11.8 Å². The summed E-state index contributed by atoms with van der Waals surface area (Å²) in [5, 5.41) is 8.82. The second-order valence-corrected chi connectivity index (χ2v) is 8.45. The molecule has 28 heavy (non-hydrogen) atoms. The van der Waals surface area contributed by atoms with Crippen LogP contribution >= 0.6 is 12.2 Å². The average molecular weight is 406 g/mol. The standard InChI is InChI=1S/C23H39N3OS/c1-4-7-8-9-10-11-16-20(22-24-23(28)26-25-22)18(14-5-2)19-15-12-13-17-21(19)27-6-3/h15,18,20-21H,4-14,16-17H2,1-3H3. The minimum atomic E-state index is 0.258. The molecular formula is C23H39N3OS. The van der Waals surface area contributed by atoms with E-state index in [0.717, 1.165) is 44.5 Å². The fourth-order valence-corrected chi connectivity index (χ4v) is 4.74. The summed E-state index contributed by atoms with van der Waals surface area (Å²) in [6, 6.07) is 0. The number of aliphatic imine (C=N–C) groups is 1. The predicted molar refractivity (Wildman–Crippen MR) is 122 cm³/mol. The molecular weight excluding hydrogens is 366 g/mol. The number of unbranched alkanes of at least 4 members (excludes halogenated alkanes) is 5. The fraction of sp³-hybridized carbons (Fsp3) is 0.826. The summed E-state index contributed by atoms with van der Waals surface area (Å²) in [6.45, 7) is 7.41. The Morgan fingerprint density at radius 3 is 2.46 bits per heavy atom. The zero-order chi connectivity index (χ0) is 20.2. The van der Waals surface area contributed by atoms with Gasteiger partial charge < -0.3 is 4.74 Å². The van der Waals surface area contributed by atoms with Crippen molar-refractivity contribution < 1.29 is 4.74 Å². The first-order valence-electron chi connectivity index (χ1n) is 11.6. The maximum atomic E-state index is 6.14. The Morgan fingerprint density at radius 1 is 1.00 bits per heavy atom. The molecule has 158 valence electrons. The van der Waals surface area contributed by atoms with E-state index in [2.05, 4.69) is 42.1 Å². The number of azo groups is 1. The van der Waals surface area contributed by atoms with Crippen molar-refractivity contribution in [2.45, 2.75) is 104 Å². The molecule has 0 spiro atoms. The van der Waals surface area contributed by atoms with E-state index < -0.39 is 0 Å². The van der Waals surface area contributed by atoms with E-state index >= 15 is 0 Å². The van der Waals surface area contributed by atoms with Crippen molar-refractivity contribution in [1.82, 2.24) is 0 Å². The Morgan fingerprint density at radius 2 is 1.79 bits per heavy atom. The van der Waals surface area contributed by atoms with E-state index in [0.29, 0.717) is 16.9 Å². The Kier molecular flexibility index (Phi) is 11.1. The van der Waals surface area contributed by atoms with Gasteiger partial charge in [0.2, 0.25) is 5.11 Å². The minimum Gasteiger partial charge on any atom is -0.374 e. The third kappa shape index (κ3) is 7.14. The van der Waals surface area contributed by atoms with E-state index in [4.69, 9.17) is 17.0 Å². The quantitative estimate of drug-likeness (QED) is 0.171. The van der Waals surface area contributed by atoms with Gasteiger partial charge in [0.15, 0.2) is 5.84 Å². The van der Waals surface area contributed by atoms with Crippen LogP contribution in [-0.4, -0.2) is 23.7 Å². The van der Waals surface area contributed by atoms with E-state index in [-0.39, 0.29) is 6.10 Å². The van der Waals surface area contributed by atoms with Crippen LogP contribution in [0.1, 0.15) is 97.8 Å². The Labute approximate surface area is 177 Å². The van der Waals surface area contributed by atoms with Gasteiger partial charge in [0.25, 0.3) is 0 Å². The SMILES string of the molecule is CCCCCCCCC(C1=NC(=S)N=N1)C(CCC)C1=CCCCC1OCC. The second kappa shape index (κ2) is 13.3. The molecule has 4 nitrogen and oxygen atoms in total. The van der Waals surface area contributed by atoms with Gasteiger partial charge in [0.05, 0.1) is 6.10 Å². The van der Waals surface area contributed by atoms with Gasteiger partial charge in [0, 0.05) is 12.5 Å². The van der Waals surface area contributed by atoms with Crippen molar-refractivity contribution in [3.05, 3.63) is 11.6 Å². The Bertz CT molecular complexity index is 570. The molecule has 5 heteroatoms. The van der Waals surface area contributed by atoms with Crippen LogP contribution in [0.3, 0.4) is 0 Å². The highest BCUT2D eigenvalue weighted by atomic mass is 32.1. The minimum absolute atomic E-state index is 0.258. The molecule has 0 saturated heterocycles. The zero-order valence-corrected chi connectivity index (χ0v) is 19.0. The molecule has 3 unspecified atom stereocenters. The van der Waals surface area contributed by atoms with Gasteiger partial charge in [0.1, 0.15) is 0 Å². The third-order valence-corrected chi connectivity index (χ3v) is 6.13. The lowest BCUT2D eigenvalue weighted by atomic mass is 9.74. The van der Waals surface area contributed by atoms with E-state index in [1.807, 2.05) is 0 Å². The van der Waals surface area contributed by atoms with Crippen LogP contribution in [0.15, 0.2) is 26.9 Å². The molecule has 0 radical (unpaired) electrons. The lowest BCUT2D eigenvalue weighted by molar-refractivity contribution is 0.0661. The topological polar surface area (TPSA) is 46.3 Å². The van der Waals surface area contributed by atoms with Gasteiger partial charge in [-0.3, -0.25) is 0 Å². The van der Waals surface area contributed by atoms with Crippen LogP contribution in [-0.2, 0) is 4.74 Å². The van der Waals surface area contributed by atoms with Crippen LogP contribution in [0.5, 0.6) is 0 Å². The van der Waals surface area contributed by atoms with Crippen molar-refractivity contribution in [2.75, 3.05) is 6.61 Å². The zero-order valence-electron chi connectivity index (χ0n) is 18.2. The van der Waals surface area contributed by atoms with Gasteiger partial charge in [-0.2, -0.15) is 4.99 Å². The summed E-state index contributed by atoms with van der Waals surface area (Å²) in [5.41, 5.74) is 1.49. The molecule has 0 aromatic heterocycles. The first-order chi connectivity index (χ1) is 13.7. The maximum Gasteiger partial charge on any atom is 0.241 e. The number of thiocarbonyl (C=S) groups is 1. The first-order valence-corrected chi connectivity index (χ1v) is 12.0.